The predicted octanol–water partition coefficient (Wildman–Crippen LogP) is 3.42. The van der Waals surface area contributed by atoms with Crippen LogP contribution in [0, 0.1) is 28.6 Å². The fourth-order valence-corrected chi connectivity index (χ4v) is 5.34. The Bertz CT molecular complexity index is 777. The van der Waals surface area contributed by atoms with Gasteiger partial charge in [-0.15, -0.1) is 0 Å². The van der Waals surface area contributed by atoms with Gasteiger partial charge in [0.25, 0.3) is 0 Å². The molecule has 1 aliphatic heterocycles. The van der Waals surface area contributed by atoms with Crippen LogP contribution < -0.4 is 5.32 Å². The van der Waals surface area contributed by atoms with E-state index in [1.807, 2.05) is 0 Å². The number of benzene rings is 1. The molecule has 1 aromatic rings. The standard InChI is InChI=1S/C15H15ClN3O4P/c1-3-22-24(21,23-4-2)15(10(8-17)9-18)12-7-11(16)5-6-13(12)19-14(15)20/h5-7,10H,3-4H2,1-2H3,(H,19,20). The summed E-state index contributed by atoms with van der Waals surface area (Å²) in [5, 5.41) is 19.6. The second-order valence-corrected chi connectivity index (χ2v) is 7.59. The zero-order valence-corrected chi connectivity index (χ0v) is 14.7. The number of hydrogen-bond acceptors (Lipinski definition) is 6. The first-order valence-electron chi connectivity index (χ1n) is 7.21. The van der Waals surface area contributed by atoms with Gasteiger partial charge in [0.2, 0.25) is 11.1 Å². The lowest BCUT2D eigenvalue weighted by Crippen LogP contribution is -2.42. The van der Waals surface area contributed by atoms with Crippen LogP contribution >= 0.6 is 19.2 Å². The molecule has 2 rings (SSSR count). The van der Waals surface area contributed by atoms with Crippen molar-refractivity contribution in [2.45, 2.75) is 19.0 Å². The van der Waals surface area contributed by atoms with Crippen molar-refractivity contribution in [1.29, 1.82) is 10.5 Å². The lowest BCUT2D eigenvalue weighted by Gasteiger charge is -2.34. The van der Waals surface area contributed by atoms with Crippen LogP contribution in [0.25, 0.3) is 0 Å². The molecule has 0 saturated heterocycles. The van der Waals surface area contributed by atoms with Gasteiger partial charge in [0, 0.05) is 16.3 Å². The Labute approximate surface area is 144 Å². The number of hydrogen-bond donors (Lipinski definition) is 1. The Morgan fingerprint density at radius 3 is 2.38 bits per heavy atom. The molecule has 1 aromatic carbocycles. The van der Waals surface area contributed by atoms with Crippen molar-refractivity contribution in [1.82, 2.24) is 0 Å². The molecule has 0 radical (unpaired) electrons. The van der Waals surface area contributed by atoms with E-state index in [1.165, 1.54) is 18.2 Å². The summed E-state index contributed by atoms with van der Waals surface area (Å²) in [5.74, 6) is -2.36. The number of halogens is 1. The first kappa shape index (κ1) is 18.4. The van der Waals surface area contributed by atoms with E-state index in [1.54, 1.807) is 26.0 Å². The van der Waals surface area contributed by atoms with Gasteiger partial charge in [-0.3, -0.25) is 9.36 Å². The zero-order chi connectivity index (χ0) is 18.0. The highest BCUT2D eigenvalue weighted by molar-refractivity contribution is 7.56. The molecule has 0 aliphatic carbocycles. The normalized spacial score (nSPS) is 19.5. The van der Waals surface area contributed by atoms with Crippen molar-refractivity contribution in [3.8, 4) is 12.1 Å². The maximum atomic E-state index is 13.5. The average molecular weight is 368 g/mol. The number of rotatable bonds is 6. The van der Waals surface area contributed by atoms with Gasteiger partial charge >= 0.3 is 7.60 Å². The van der Waals surface area contributed by atoms with Crippen molar-refractivity contribution in [2.75, 3.05) is 18.5 Å². The summed E-state index contributed by atoms with van der Waals surface area (Å²) in [6.45, 7) is 3.12. The molecule has 0 aromatic heterocycles. The maximum absolute atomic E-state index is 13.5. The Hall–Kier alpha value is -1.89. The molecule has 7 nitrogen and oxygen atoms in total. The fraction of sp³-hybridized carbons (Fsp3) is 0.400. The quantitative estimate of drug-likeness (QED) is 0.771. The summed E-state index contributed by atoms with van der Waals surface area (Å²) in [6.07, 6.45) is 0. The molecule has 0 fully saturated rings. The number of nitriles is 2. The highest BCUT2D eigenvalue weighted by Crippen LogP contribution is 2.71. The van der Waals surface area contributed by atoms with Gasteiger partial charge in [-0.2, -0.15) is 10.5 Å². The van der Waals surface area contributed by atoms with Crippen LogP contribution in [0.15, 0.2) is 18.2 Å². The van der Waals surface area contributed by atoms with E-state index in [4.69, 9.17) is 20.6 Å². The lowest BCUT2D eigenvalue weighted by atomic mass is 9.87. The van der Waals surface area contributed by atoms with E-state index in [-0.39, 0.29) is 23.8 Å². The fourth-order valence-electron chi connectivity index (χ4n) is 2.79. The van der Waals surface area contributed by atoms with Gasteiger partial charge in [0.1, 0.15) is 0 Å². The molecule has 1 amide bonds. The van der Waals surface area contributed by atoms with Crippen LogP contribution in [0.4, 0.5) is 5.69 Å². The van der Waals surface area contributed by atoms with Gasteiger partial charge in [0.05, 0.1) is 25.4 Å². The molecule has 9 heteroatoms. The largest absolute Gasteiger partial charge is 0.353 e. The third-order valence-corrected chi connectivity index (χ3v) is 6.69. The second-order valence-electron chi connectivity index (χ2n) is 4.93. The van der Waals surface area contributed by atoms with Crippen LogP contribution in [0.5, 0.6) is 0 Å². The Morgan fingerprint density at radius 2 is 1.88 bits per heavy atom. The van der Waals surface area contributed by atoms with Crippen molar-refractivity contribution in [2.24, 2.45) is 5.92 Å². The summed E-state index contributed by atoms with van der Waals surface area (Å²) in [4.78, 5) is 12.8. The molecule has 1 unspecified atom stereocenters. The van der Waals surface area contributed by atoms with Gasteiger partial charge in [-0.1, -0.05) is 11.6 Å². The minimum Gasteiger partial charge on any atom is -0.324 e. The number of fused-ring (bicyclic) bond motifs is 1. The SMILES string of the molecule is CCOP(=O)(OCC)C1(C(C#N)C#N)C(=O)Nc2ccc(Cl)cc21. The smallest absolute Gasteiger partial charge is 0.324 e. The molecule has 1 aliphatic rings. The van der Waals surface area contributed by atoms with Crippen molar-refractivity contribution in [3.63, 3.8) is 0 Å². The van der Waals surface area contributed by atoms with Crippen molar-refractivity contribution >= 4 is 30.8 Å². The van der Waals surface area contributed by atoms with Crippen LogP contribution in [-0.2, 0) is 23.6 Å². The van der Waals surface area contributed by atoms with E-state index in [0.717, 1.165) is 0 Å². The molecule has 126 valence electrons. The van der Waals surface area contributed by atoms with Gasteiger partial charge in [-0.05, 0) is 32.0 Å². The first-order valence-corrected chi connectivity index (χ1v) is 9.13. The molecule has 24 heavy (non-hydrogen) atoms. The summed E-state index contributed by atoms with van der Waals surface area (Å²) in [7, 11) is -4.21. The van der Waals surface area contributed by atoms with Gasteiger partial charge < -0.3 is 14.4 Å². The number of amides is 1. The Balaban J connectivity index is 2.88. The molecule has 1 N–H and O–H groups in total. The van der Waals surface area contributed by atoms with Crippen molar-refractivity contribution in [3.05, 3.63) is 28.8 Å². The van der Waals surface area contributed by atoms with Crippen molar-refractivity contribution < 1.29 is 18.4 Å². The second kappa shape index (κ2) is 6.93. The zero-order valence-electron chi connectivity index (χ0n) is 13.1. The molecule has 1 atom stereocenters. The highest BCUT2D eigenvalue weighted by atomic mass is 35.5. The van der Waals surface area contributed by atoms with Gasteiger partial charge in [0.15, 0.2) is 5.92 Å². The number of carbonyl (C=O) groups is 1. The number of carbonyl (C=O) groups excluding carboxylic acids is 1. The van der Waals surface area contributed by atoms with Crippen LogP contribution in [0.1, 0.15) is 19.4 Å². The molecule has 1 heterocycles. The highest BCUT2D eigenvalue weighted by Gasteiger charge is 2.67. The summed E-state index contributed by atoms with van der Waals surface area (Å²) < 4.78 is 24.2. The van der Waals surface area contributed by atoms with Gasteiger partial charge in [-0.25, -0.2) is 0 Å². The third-order valence-electron chi connectivity index (χ3n) is 3.69. The summed E-state index contributed by atoms with van der Waals surface area (Å²) in [5.41, 5.74) is 0.484. The maximum Gasteiger partial charge on any atom is 0.353 e. The van der Waals surface area contributed by atoms with Crippen LogP contribution in [0.2, 0.25) is 5.02 Å². The number of nitrogens with one attached hydrogen (secondary N) is 1. The number of anilines is 1. The van der Waals surface area contributed by atoms with E-state index >= 15 is 0 Å². The minimum absolute atomic E-state index is 0.0220. The minimum atomic E-state index is -4.21. The Morgan fingerprint density at radius 1 is 1.29 bits per heavy atom. The monoisotopic (exact) mass is 367 g/mol. The third kappa shape index (κ3) is 2.51. The van der Waals surface area contributed by atoms with Crippen LogP contribution in [-0.4, -0.2) is 19.1 Å². The first-order chi connectivity index (χ1) is 11.4. The predicted molar refractivity (Wildman–Crippen MR) is 87.3 cm³/mol. The molecule has 0 saturated carbocycles. The Kier molecular flexibility index (Phi) is 5.32. The van der Waals surface area contributed by atoms with Crippen LogP contribution in [0.3, 0.4) is 0 Å². The summed E-state index contributed by atoms with van der Waals surface area (Å²) in [6, 6.07) is 7.96. The van der Waals surface area contributed by atoms with E-state index in [9.17, 15) is 19.9 Å². The van der Waals surface area contributed by atoms with E-state index in [0.29, 0.717) is 5.69 Å². The molecular weight excluding hydrogens is 353 g/mol. The molecule has 0 bridgehead atoms. The van der Waals surface area contributed by atoms with E-state index < -0.39 is 24.6 Å². The topological polar surface area (TPSA) is 112 Å². The number of nitrogens with zero attached hydrogens (tertiary/aromatic N) is 2. The average Bonchev–Trinajstić information content (AvgIpc) is 2.82. The van der Waals surface area contributed by atoms with E-state index in [2.05, 4.69) is 5.32 Å². The summed E-state index contributed by atoms with van der Waals surface area (Å²) >= 11 is 6.02. The lowest BCUT2D eigenvalue weighted by molar-refractivity contribution is -0.119. The molecule has 0 spiro atoms. The molecular formula is C15H15ClN3O4P.